The van der Waals surface area contributed by atoms with Crippen molar-refractivity contribution in [2.45, 2.75) is 45.6 Å². The normalized spacial score (nSPS) is 23.4. The van der Waals surface area contributed by atoms with Gasteiger partial charge >= 0.3 is 0 Å². The molecule has 5 heteroatoms. The minimum absolute atomic E-state index is 0.126. The third kappa shape index (κ3) is 3.21. The van der Waals surface area contributed by atoms with Crippen molar-refractivity contribution in [2.75, 3.05) is 18.4 Å². The van der Waals surface area contributed by atoms with Gasteiger partial charge < -0.3 is 9.88 Å². The second-order valence-corrected chi connectivity index (χ2v) is 7.40. The van der Waals surface area contributed by atoms with Gasteiger partial charge in [0.05, 0.1) is 17.9 Å². The highest BCUT2D eigenvalue weighted by Crippen LogP contribution is 2.31. The van der Waals surface area contributed by atoms with Crippen molar-refractivity contribution in [3.05, 3.63) is 42.0 Å². The van der Waals surface area contributed by atoms with E-state index in [9.17, 15) is 4.79 Å². The van der Waals surface area contributed by atoms with E-state index in [2.05, 4.69) is 26.7 Å². The lowest BCUT2D eigenvalue weighted by molar-refractivity contribution is -0.119. The molecular weight excluding hydrogens is 312 g/mol. The fourth-order valence-electron chi connectivity index (χ4n) is 4.15. The van der Waals surface area contributed by atoms with Crippen molar-refractivity contribution < 1.29 is 4.79 Å². The van der Waals surface area contributed by atoms with Gasteiger partial charge in [-0.3, -0.25) is 9.69 Å². The molecule has 0 aliphatic carbocycles. The van der Waals surface area contributed by atoms with Gasteiger partial charge in [0.25, 0.3) is 0 Å². The van der Waals surface area contributed by atoms with Gasteiger partial charge in [0, 0.05) is 29.7 Å². The van der Waals surface area contributed by atoms with Crippen molar-refractivity contribution in [3.8, 4) is 5.69 Å². The lowest BCUT2D eigenvalue weighted by Gasteiger charge is -2.28. The summed E-state index contributed by atoms with van der Waals surface area (Å²) in [5, 5.41) is 3.10. The van der Waals surface area contributed by atoms with Crippen LogP contribution in [0.1, 0.15) is 37.1 Å². The Hall–Kier alpha value is -2.14. The number of anilines is 1. The summed E-state index contributed by atoms with van der Waals surface area (Å²) in [7, 11) is 0. The first-order valence-electron chi connectivity index (χ1n) is 9.28. The summed E-state index contributed by atoms with van der Waals surface area (Å²) >= 11 is 0. The highest BCUT2D eigenvalue weighted by molar-refractivity contribution is 5.93. The van der Waals surface area contributed by atoms with Crippen molar-refractivity contribution >= 4 is 11.6 Å². The maximum absolute atomic E-state index is 12.6. The van der Waals surface area contributed by atoms with Gasteiger partial charge in [0.15, 0.2) is 0 Å². The van der Waals surface area contributed by atoms with Gasteiger partial charge in [0.2, 0.25) is 5.91 Å². The Balaban J connectivity index is 1.41. The number of piperidine rings is 1. The summed E-state index contributed by atoms with van der Waals surface area (Å²) in [6.07, 6.45) is 6.69. The van der Waals surface area contributed by atoms with Crippen LogP contribution in [0.2, 0.25) is 0 Å². The van der Waals surface area contributed by atoms with Crippen LogP contribution in [0.3, 0.4) is 0 Å². The fraction of sp³-hybridized carbons (Fsp3) is 0.500. The molecule has 0 saturated carbocycles. The Morgan fingerprint density at radius 1 is 1.20 bits per heavy atom. The number of amides is 1. The van der Waals surface area contributed by atoms with E-state index < -0.39 is 0 Å². The largest absolute Gasteiger partial charge is 0.326 e. The number of carbonyl (C=O) groups excluding carboxylic acids is 1. The predicted molar refractivity (Wildman–Crippen MR) is 99.0 cm³/mol. The predicted octanol–water partition coefficient (Wildman–Crippen LogP) is 3.30. The summed E-state index contributed by atoms with van der Waals surface area (Å²) in [5.74, 6) is 0.290. The molecule has 2 aromatic rings. The monoisotopic (exact) mass is 338 g/mol. The highest BCUT2D eigenvalue weighted by Gasteiger charge is 2.36. The molecule has 132 valence electrons. The zero-order valence-electron chi connectivity index (χ0n) is 15.0. The number of aromatic nitrogens is 2. The Labute approximate surface area is 149 Å². The number of nitrogens with zero attached hydrogens (tertiary/aromatic N) is 3. The second-order valence-electron chi connectivity index (χ2n) is 7.40. The third-order valence-electron chi connectivity index (χ3n) is 5.80. The lowest BCUT2D eigenvalue weighted by atomic mass is 9.99. The molecular formula is C20H26N4O. The van der Waals surface area contributed by atoms with Gasteiger partial charge in [-0.15, -0.1) is 0 Å². The van der Waals surface area contributed by atoms with E-state index in [0.29, 0.717) is 6.04 Å². The number of imidazole rings is 1. The van der Waals surface area contributed by atoms with Crippen LogP contribution in [0.15, 0.2) is 30.6 Å². The molecule has 1 amide bonds. The van der Waals surface area contributed by atoms with Gasteiger partial charge in [-0.25, -0.2) is 4.98 Å². The fourth-order valence-corrected chi connectivity index (χ4v) is 4.15. The number of rotatable bonds is 3. The second kappa shape index (κ2) is 6.64. The molecule has 2 unspecified atom stereocenters. The van der Waals surface area contributed by atoms with Crippen LogP contribution in [0, 0.1) is 19.8 Å². The van der Waals surface area contributed by atoms with E-state index in [0.717, 1.165) is 42.3 Å². The van der Waals surface area contributed by atoms with Crippen LogP contribution in [0.5, 0.6) is 0 Å². The number of aryl methyl sites for hydroxylation is 1. The lowest BCUT2D eigenvalue weighted by Crippen LogP contribution is -2.34. The number of carbonyl (C=O) groups is 1. The molecule has 3 heterocycles. The first kappa shape index (κ1) is 16.3. The quantitative estimate of drug-likeness (QED) is 0.934. The first-order chi connectivity index (χ1) is 12.1. The zero-order valence-corrected chi connectivity index (χ0v) is 15.0. The molecule has 0 radical (unpaired) electrons. The molecule has 2 fully saturated rings. The van der Waals surface area contributed by atoms with E-state index >= 15 is 0 Å². The summed E-state index contributed by atoms with van der Waals surface area (Å²) in [6.45, 7) is 6.15. The highest BCUT2D eigenvalue weighted by atomic mass is 16.1. The molecule has 2 aliphatic heterocycles. The van der Waals surface area contributed by atoms with Crippen LogP contribution in [0.4, 0.5) is 5.69 Å². The Bertz CT molecular complexity index is 751. The van der Waals surface area contributed by atoms with Crippen LogP contribution < -0.4 is 5.32 Å². The summed E-state index contributed by atoms with van der Waals surface area (Å²) < 4.78 is 2.07. The van der Waals surface area contributed by atoms with Gasteiger partial charge in [-0.1, -0.05) is 6.42 Å². The standard InChI is InChI=1S/C20H26N4O/c1-14-15(2)24(13-21-14)18-8-6-17(7-9-18)22-20(25)16-11-19-5-3-4-10-23(19)12-16/h6-9,13,16,19H,3-5,10-12H2,1-2H3,(H,22,25). The molecule has 0 spiro atoms. The van der Waals surface area contributed by atoms with Crippen molar-refractivity contribution in [1.82, 2.24) is 14.5 Å². The SMILES string of the molecule is Cc1ncn(-c2ccc(NC(=O)C3CC4CCCCN4C3)cc2)c1C. The number of hydrogen-bond donors (Lipinski definition) is 1. The maximum atomic E-state index is 12.6. The Morgan fingerprint density at radius 3 is 2.68 bits per heavy atom. The zero-order chi connectivity index (χ0) is 17.4. The van der Waals surface area contributed by atoms with E-state index in [4.69, 9.17) is 0 Å². The van der Waals surface area contributed by atoms with Crippen molar-refractivity contribution in [3.63, 3.8) is 0 Å². The van der Waals surface area contributed by atoms with Gasteiger partial charge in [-0.05, 0) is 63.9 Å². The summed E-state index contributed by atoms with van der Waals surface area (Å²) in [4.78, 5) is 19.5. The summed E-state index contributed by atoms with van der Waals surface area (Å²) in [6, 6.07) is 8.64. The van der Waals surface area contributed by atoms with Crippen LogP contribution in [-0.2, 0) is 4.79 Å². The molecule has 1 N–H and O–H groups in total. The van der Waals surface area contributed by atoms with E-state index in [1.807, 2.05) is 37.5 Å². The van der Waals surface area contributed by atoms with E-state index in [-0.39, 0.29) is 11.8 Å². The maximum Gasteiger partial charge on any atom is 0.228 e. The number of fused-ring (bicyclic) bond motifs is 1. The number of benzene rings is 1. The van der Waals surface area contributed by atoms with Crippen LogP contribution in [0.25, 0.3) is 5.69 Å². The molecule has 5 nitrogen and oxygen atoms in total. The minimum atomic E-state index is 0.126. The molecule has 2 aliphatic rings. The average molecular weight is 338 g/mol. The first-order valence-corrected chi connectivity index (χ1v) is 9.28. The topological polar surface area (TPSA) is 50.2 Å². The van der Waals surface area contributed by atoms with Crippen LogP contribution in [-0.4, -0.2) is 39.5 Å². The van der Waals surface area contributed by atoms with Gasteiger partial charge in [-0.2, -0.15) is 0 Å². The molecule has 2 atom stereocenters. The molecule has 4 rings (SSSR count). The molecule has 1 aromatic heterocycles. The van der Waals surface area contributed by atoms with Crippen LogP contribution >= 0.6 is 0 Å². The number of nitrogens with one attached hydrogen (secondary N) is 1. The smallest absolute Gasteiger partial charge is 0.228 e. The molecule has 25 heavy (non-hydrogen) atoms. The minimum Gasteiger partial charge on any atom is -0.326 e. The summed E-state index contributed by atoms with van der Waals surface area (Å²) in [5.41, 5.74) is 4.11. The molecule has 1 aromatic carbocycles. The van der Waals surface area contributed by atoms with E-state index in [1.54, 1.807) is 0 Å². The van der Waals surface area contributed by atoms with Gasteiger partial charge in [0.1, 0.15) is 0 Å². The average Bonchev–Trinajstić information content (AvgIpc) is 3.20. The Morgan fingerprint density at radius 2 is 2.00 bits per heavy atom. The van der Waals surface area contributed by atoms with Crippen molar-refractivity contribution in [1.29, 1.82) is 0 Å². The van der Waals surface area contributed by atoms with Crippen molar-refractivity contribution in [2.24, 2.45) is 5.92 Å². The Kier molecular flexibility index (Phi) is 4.34. The molecule has 0 bridgehead atoms. The third-order valence-corrected chi connectivity index (χ3v) is 5.80. The number of hydrogen-bond acceptors (Lipinski definition) is 3. The molecule has 2 saturated heterocycles. The van der Waals surface area contributed by atoms with E-state index in [1.165, 1.54) is 19.3 Å².